The molecule has 1 aliphatic heterocycles. The molecular formula is C11H10N4O. The van der Waals surface area contributed by atoms with Crippen molar-refractivity contribution in [3.05, 3.63) is 29.8 Å². The van der Waals surface area contributed by atoms with E-state index in [4.69, 9.17) is 11.0 Å². The molecule has 80 valence electrons. The molecule has 0 radical (unpaired) electrons. The van der Waals surface area contributed by atoms with E-state index in [-0.39, 0.29) is 18.9 Å². The van der Waals surface area contributed by atoms with E-state index in [1.807, 2.05) is 6.07 Å². The van der Waals surface area contributed by atoms with Gasteiger partial charge in [-0.25, -0.2) is 5.01 Å². The maximum atomic E-state index is 11.6. The number of hydrogen-bond donors (Lipinski definition) is 1. The summed E-state index contributed by atoms with van der Waals surface area (Å²) in [6.07, 6.45) is 0.257. The van der Waals surface area contributed by atoms with Gasteiger partial charge in [-0.1, -0.05) is 6.07 Å². The van der Waals surface area contributed by atoms with Gasteiger partial charge >= 0.3 is 0 Å². The number of carbonyl (C=O) groups is 1. The van der Waals surface area contributed by atoms with Crippen LogP contribution in [0, 0.1) is 11.3 Å². The van der Waals surface area contributed by atoms with E-state index in [0.29, 0.717) is 17.0 Å². The van der Waals surface area contributed by atoms with Crippen LogP contribution in [-0.2, 0) is 4.79 Å². The van der Waals surface area contributed by atoms with Gasteiger partial charge in [-0.15, -0.1) is 0 Å². The Morgan fingerprint density at radius 2 is 2.38 bits per heavy atom. The van der Waals surface area contributed by atoms with Gasteiger partial charge in [-0.2, -0.15) is 10.4 Å². The van der Waals surface area contributed by atoms with E-state index >= 15 is 0 Å². The smallest absolute Gasteiger partial charge is 0.253 e. The van der Waals surface area contributed by atoms with Crippen molar-refractivity contribution < 1.29 is 4.79 Å². The van der Waals surface area contributed by atoms with Gasteiger partial charge in [0.1, 0.15) is 0 Å². The molecule has 1 aromatic carbocycles. The van der Waals surface area contributed by atoms with Crippen LogP contribution in [0.2, 0.25) is 0 Å². The average Bonchev–Trinajstić information content (AvgIpc) is 2.71. The number of nitriles is 1. The van der Waals surface area contributed by atoms with Gasteiger partial charge < -0.3 is 5.73 Å². The number of hydrazone groups is 1. The molecule has 5 heteroatoms. The minimum Gasteiger partial charge on any atom is -0.325 e. The standard InChI is InChI=1S/C11H10N4O/c12-6-8-2-1-3-10(4-8)15-11(16)5-9(7-13)14-15/h1-4H,5,7,13H2. The Bertz CT molecular complexity index is 501. The molecule has 1 aliphatic rings. The molecule has 0 fully saturated rings. The third-order valence-corrected chi connectivity index (χ3v) is 2.29. The lowest BCUT2D eigenvalue weighted by molar-refractivity contribution is -0.116. The quantitative estimate of drug-likeness (QED) is 0.782. The van der Waals surface area contributed by atoms with Crippen LogP contribution in [0.4, 0.5) is 5.69 Å². The van der Waals surface area contributed by atoms with Crippen molar-refractivity contribution in [2.24, 2.45) is 10.8 Å². The number of hydrogen-bond acceptors (Lipinski definition) is 4. The first-order chi connectivity index (χ1) is 7.74. The van der Waals surface area contributed by atoms with E-state index in [1.165, 1.54) is 5.01 Å². The fraction of sp³-hybridized carbons (Fsp3) is 0.182. The molecule has 2 rings (SSSR count). The average molecular weight is 214 g/mol. The predicted molar refractivity (Wildman–Crippen MR) is 59.7 cm³/mol. The molecular weight excluding hydrogens is 204 g/mol. The third-order valence-electron chi connectivity index (χ3n) is 2.29. The van der Waals surface area contributed by atoms with Gasteiger partial charge in [0, 0.05) is 6.54 Å². The second-order valence-electron chi connectivity index (χ2n) is 3.41. The van der Waals surface area contributed by atoms with E-state index in [0.717, 1.165) is 0 Å². The molecule has 0 saturated heterocycles. The molecule has 0 bridgehead atoms. The number of rotatable bonds is 2. The monoisotopic (exact) mass is 214 g/mol. The zero-order valence-corrected chi connectivity index (χ0v) is 8.55. The minimum absolute atomic E-state index is 0.115. The maximum absolute atomic E-state index is 11.6. The minimum atomic E-state index is -0.115. The molecule has 0 saturated carbocycles. The van der Waals surface area contributed by atoms with Crippen LogP contribution in [0.15, 0.2) is 29.4 Å². The topological polar surface area (TPSA) is 82.5 Å². The summed E-state index contributed by atoms with van der Waals surface area (Å²) < 4.78 is 0. The van der Waals surface area contributed by atoms with Crippen LogP contribution in [0.1, 0.15) is 12.0 Å². The summed E-state index contributed by atoms with van der Waals surface area (Å²) in [4.78, 5) is 11.6. The second kappa shape index (κ2) is 4.13. The molecule has 1 aromatic rings. The zero-order chi connectivity index (χ0) is 11.5. The summed E-state index contributed by atoms with van der Waals surface area (Å²) in [6.45, 7) is 0.278. The van der Waals surface area contributed by atoms with Crippen molar-refractivity contribution in [3.63, 3.8) is 0 Å². The van der Waals surface area contributed by atoms with Gasteiger partial charge in [0.2, 0.25) is 0 Å². The van der Waals surface area contributed by atoms with Crippen LogP contribution >= 0.6 is 0 Å². The Morgan fingerprint density at radius 3 is 3.00 bits per heavy atom. The summed E-state index contributed by atoms with van der Waals surface area (Å²) in [7, 11) is 0. The summed E-state index contributed by atoms with van der Waals surface area (Å²) >= 11 is 0. The highest BCUT2D eigenvalue weighted by Gasteiger charge is 2.24. The number of nitrogens with zero attached hydrogens (tertiary/aromatic N) is 3. The molecule has 2 N–H and O–H groups in total. The normalized spacial score (nSPS) is 14.9. The number of anilines is 1. The van der Waals surface area contributed by atoms with E-state index in [9.17, 15) is 4.79 Å². The lowest BCUT2D eigenvalue weighted by Crippen LogP contribution is -2.19. The first-order valence-electron chi connectivity index (χ1n) is 4.84. The third kappa shape index (κ3) is 1.78. The SMILES string of the molecule is N#Cc1cccc(N2N=C(CN)CC2=O)c1. The molecule has 0 atom stereocenters. The number of nitrogens with two attached hydrogens (primary N) is 1. The summed E-state index contributed by atoms with van der Waals surface area (Å²) in [5.74, 6) is -0.115. The van der Waals surface area contributed by atoms with Crippen molar-refractivity contribution in [2.75, 3.05) is 11.6 Å². The Balaban J connectivity index is 2.34. The largest absolute Gasteiger partial charge is 0.325 e. The van der Waals surface area contributed by atoms with Crippen LogP contribution < -0.4 is 10.7 Å². The summed E-state index contributed by atoms with van der Waals surface area (Å²) in [6, 6.07) is 8.78. The van der Waals surface area contributed by atoms with Crippen molar-refractivity contribution >= 4 is 17.3 Å². The molecule has 0 unspecified atom stereocenters. The van der Waals surface area contributed by atoms with Crippen molar-refractivity contribution in [3.8, 4) is 6.07 Å². The number of carbonyl (C=O) groups excluding carboxylic acids is 1. The van der Waals surface area contributed by atoms with Gasteiger partial charge in [-0.05, 0) is 18.2 Å². The van der Waals surface area contributed by atoms with Crippen LogP contribution in [0.5, 0.6) is 0 Å². The molecule has 1 amide bonds. The maximum Gasteiger partial charge on any atom is 0.253 e. The first-order valence-corrected chi connectivity index (χ1v) is 4.84. The molecule has 0 aliphatic carbocycles. The van der Waals surface area contributed by atoms with Crippen LogP contribution in [0.3, 0.4) is 0 Å². The van der Waals surface area contributed by atoms with Gasteiger partial charge in [0.05, 0.1) is 29.5 Å². The molecule has 5 nitrogen and oxygen atoms in total. The van der Waals surface area contributed by atoms with Crippen molar-refractivity contribution in [1.29, 1.82) is 5.26 Å². The lowest BCUT2D eigenvalue weighted by Gasteiger charge is -2.11. The summed E-state index contributed by atoms with van der Waals surface area (Å²) in [5, 5.41) is 14.2. The lowest BCUT2D eigenvalue weighted by atomic mass is 10.2. The highest BCUT2D eigenvalue weighted by molar-refractivity contribution is 6.13. The highest BCUT2D eigenvalue weighted by Crippen LogP contribution is 2.21. The highest BCUT2D eigenvalue weighted by atomic mass is 16.2. The Kier molecular flexibility index (Phi) is 2.66. The van der Waals surface area contributed by atoms with E-state index in [2.05, 4.69) is 5.10 Å². The molecule has 0 aromatic heterocycles. The van der Waals surface area contributed by atoms with Gasteiger partial charge in [-0.3, -0.25) is 4.79 Å². The van der Waals surface area contributed by atoms with Crippen molar-refractivity contribution in [2.45, 2.75) is 6.42 Å². The fourth-order valence-electron chi connectivity index (χ4n) is 1.50. The van der Waals surface area contributed by atoms with E-state index in [1.54, 1.807) is 24.3 Å². The zero-order valence-electron chi connectivity index (χ0n) is 8.55. The second-order valence-corrected chi connectivity index (χ2v) is 3.41. The van der Waals surface area contributed by atoms with Gasteiger partial charge in [0.15, 0.2) is 0 Å². The predicted octanol–water partition coefficient (Wildman–Crippen LogP) is 0.610. The number of amides is 1. The van der Waals surface area contributed by atoms with Crippen LogP contribution in [0.25, 0.3) is 0 Å². The Labute approximate surface area is 92.8 Å². The number of benzene rings is 1. The molecule has 0 spiro atoms. The summed E-state index contributed by atoms with van der Waals surface area (Å²) in [5.41, 5.74) is 7.20. The first kappa shape index (κ1) is 10.3. The Morgan fingerprint density at radius 1 is 1.56 bits per heavy atom. The van der Waals surface area contributed by atoms with Crippen LogP contribution in [-0.4, -0.2) is 18.2 Å². The van der Waals surface area contributed by atoms with E-state index < -0.39 is 0 Å². The molecule has 1 heterocycles. The van der Waals surface area contributed by atoms with Gasteiger partial charge in [0.25, 0.3) is 5.91 Å². The fourth-order valence-corrected chi connectivity index (χ4v) is 1.50. The van der Waals surface area contributed by atoms with Crippen molar-refractivity contribution in [1.82, 2.24) is 0 Å². The Hall–Kier alpha value is -2.19. The molecule has 16 heavy (non-hydrogen) atoms.